The van der Waals surface area contributed by atoms with Crippen LogP contribution in [0.4, 0.5) is 0 Å². The van der Waals surface area contributed by atoms with Crippen LogP contribution >= 0.6 is 11.8 Å². The van der Waals surface area contributed by atoms with Crippen molar-refractivity contribution in [3.05, 3.63) is 18.0 Å². The lowest BCUT2D eigenvalue weighted by Crippen LogP contribution is -2.08. The van der Waals surface area contributed by atoms with Crippen molar-refractivity contribution in [2.24, 2.45) is 5.73 Å². The smallest absolute Gasteiger partial charge is 0.217 e. The first kappa shape index (κ1) is 12.5. The van der Waals surface area contributed by atoms with Crippen LogP contribution in [0.1, 0.15) is 37.3 Å². The summed E-state index contributed by atoms with van der Waals surface area (Å²) in [6.45, 7) is 0.449. The Bertz CT molecular complexity index is 532. The van der Waals surface area contributed by atoms with Crippen molar-refractivity contribution in [2.75, 3.05) is 0 Å². The van der Waals surface area contributed by atoms with E-state index in [9.17, 15) is 0 Å². The number of tetrazole rings is 1. The van der Waals surface area contributed by atoms with Crippen molar-refractivity contribution in [1.29, 1.82) is 0 Å². The monoisotopic (exact) mass is 277 g/mol. The Morgan fingerprint density at radius 2 is 2.00 bits per heavy atom. The second-order valence-corrected chi connectivity index (χ2v) is 5.46. The maximum atomic E-state index is 5.52. The normalized spacial score (nSPS) is 16.1. The second kappa shape index (κ2) is 5.62. The van der Waals surface area contributed by atoms with Gasteiger partial charge in [-0.15, -0.1) is 5.10 Å². The van der Waals surface area contributed by atoms with Crippen molar-refractivity contribution in [3.63, 3.8) is 0 Å². The molecule has 3 rings (SSSR count). The topological polar surface area (TPSA) is 95.4 Å². The molecule has 2 aromatic heterocycles. The highest BCUT2D eigenvalue weighted by Crippen LogP contribution is 2.32. The third kappa shape index (κ3) is 2.74. The Morgan fingerprint density at radius 3 is 2.68 bits per heavy atom. The lowest BCUT2D eigenvalue weighted by atomic mass is 10.3. The van der Waals surface area contributed by atoms with Gasteiger partial charge in [-0.1, -0.05) is 12.8 Å². The molecular weight excluding hydrogens is 262 g/mol. The maximum Gasteiger partial charge on any atom is 0.217 e. The Balaban J connectivity index is 1.77. The molecule has 0 saturated heterocycles. The largest absolute Gasteiger partial charge is 0.326 e. The molecule has 7 nitrogen and oxygen atoms in total. The number of hydrogen-bond donors (Lipinski definition) is 1. The van der Waals surface area contributed by atoms with E-state index in [4.69, 9.17) is 5.73 Å². The summed E-state index contributed by atoms with van der Waals surface area (Å²) in [5.74, 6) is 0. The number of aromatic nitrogens is 6. The molecule has 8 heteroatoms. The van der Waals surface area contributed by atoms with Gasteiger partial charge in [-0.25, -0.2) is 14.6 Å². The van der Waals surface area contributed by atoms with E-state index in [1.807, 2.05) is 4.68 Å². The molecule has 1 fully saturated rings. The first-order chi connectivity index (χ1) is 9.36. The number of nitrogens with two attached hydrogens (primary N) is 1. The van der Waals surface area contributed by atoms with Crippen molar-refractivity contribution in [1.82, 2.24) is 30.2 Å². The summed E-state index contributed by atoms with van der Waals surface area (Å²) in [4.78, 5) is 8.51. The summed E-state index contributed by atoms with van der Waals surface area (Å²) < 4.78 is 1.90. The van der Waals surface area contributed by atoms with E-state index in [-0.39, 0.29) is 0 Å². The van der Waals surface area contributed by atoms with Crippen LogP contribution in [0.25, 0.3) is 0 Å². The first-order valence-electron chi connectivity index (χ1n) is 6.33. The summed E-state index contributed by atoms with van der Waals surface area (Å²) in [5, 5.41) is 13.3. The zero-order chi connectivity index (χ0) is 13.1. The van der Waals surface area contributed by atoms with E-state index in [0.29, 0.717) is 17.7 Å². The van der Waals surface area contributed by atoms with Crippen molar-refractivity contribution >= 4 is 11.8 Å². The minimum absolute atomic E-state index is 0.417. The van der Waals surface area contributed by atoms with Gasteiger partial charge in [-0.05, 0) is 35.0 Å². The number of nitrogens with zero attached hydrogens (tertiary/aromatic N) is 6. The summed E-state index contributed by atoms with van der Waals surface area (Å²) >= 11 is 1.39. The van der Waals surface area contributed by atoms with Gasteiger partial charge in [0.1, 0.15) is 0 Å². The molecule has 100 valence electrons. The summed E-state index contributed by atoms with van der Waals surface area (Å²) in [7, 11) is 0. The van der Waals surface area contributed by atoms with Crippen LogP contribution in [0.2, 0.25) is 0 Å². The summed E-state index contributed by atoms with van der Waals surface area (Å²) in [5.41, 5.74) is 6.44. The van der Waals surface area contributed by atoms with Crippen molar-refractivity contribution in [2.45, 2.75) is 48.6 Å². The fourth-order valence-corrected chi connectivity index (χ4v) is 2.94. The van der Waals surface area contributed by atoms with Gasteiger partial charge in [0.15, 0.2) is 5.16 Å². The quantitative estimate of drug-likeness (QED) is 0.838. The van der Waals surface area contributed by atoms with Gasteiger partial charge in [0.25, 0.3) is 0 Å². The average Bonchev–Trinajstić information content (AvgIpc) is 3.10. The van der Waals surface area contributed by atoms with Gasteiger partial charge < -0.3 is 5.73 Å². The molecule has 0 atom stereocenters. The molecule has 19 heavy (non-hydrogen) atoms. The predicted octanol–water partition coefficient (Wildman–Crippen LogP) is 1.19. The maximum absolute atomic E-state index is 5.52. The van der Waals surface area contributed by atoms with Crippen LogP contribution in [0.3, 0.4) is 0 Å². The van der Waals surface area contributed by atoms with Crippen molar-refractivity contribution < 1.29 is 0 Å². The molecule has 0 amide bonds. The van der Waals surface area contributed by atoms with Gasteiger partial charge in [-0.3, -0.25) is 0 Å². The molecule has 0 bridgehead atoms. The van der Waals surface area contributed by atoms with Gasteiger partial charge in [-0.2, -0.15) is 0 Å². The first-order valence-corrected chi connectivity index (χ1v) is 7.15. The highest BCUT2D eigenvalue weighted by molar-refractivity contribution is 7.99. The molecule has 1 saturated carbocycles. The molecule has 2 aromatic rings. The molecule has 1 aliphatic carbocycles. The Labute approximate surface area is 115 Å². The van der Waals surface area contributed by atoms with Gasteiger partial charge in [0, 0.05) is 24.5 Å². The van der Waals surface area contributed by atoms with E-state index >= 15 is 0 Å². The molecule has 0 radical (unpaired) electrons. The molecule has 0 unspecified atom stereocenters. The second-order valence-electron chi connectivity index (χ2n) is 4.52. The van der Waals surface area contributed by atoms with Crippen LogP contribution in [0.5, 0.6) is 0 Å². The third-order valence-electron chi connectivity index (χ3n) is 3.23. The molecular formula is C11H15N7S. The highest BCUT2D eigenvalue weighted by Gasteiger charge is 2.22. The number of rotatable bonds is 4. The lowest BCUT2D eigenvalue weighted by molar-refractivity contribution is 0.423. The number of hydrogen-bond acceptors (Lipinski definition) is 7. The SMILES string of the molecule is NCc1cnc(Sc2nnnn2C2CCCC2)nc1. The van der Waals surface area contributed by atoms with Gasteiger partial charge in [0.05, 0.1) is 6.04 Å². The van der Waals surface area contributed by atoms with E-state index < -0.39 is 0 Å². The minimum Gasteiger partial charge on any atom is -0.326 e. The van der Waals surface area contributed by atoms with E-state index in [1.54, 1.807) is 12.4 Å². The molecule has 2 N–H and O–H groups in total. The van der Waals surface area contributed by atoms with Crippen LogP contribution in [-0.2, 0) is 6.54 Å². The van der Waals surface area contributed by atoms with Gasteiger partial charge >= 0.3 is 0 Å². The Hall–Kier alpha value is -1.54. The summed E-state index contributed by atoms with van der Waals surface area (Å²) in [6.07, 6.45) is 8.25. The summed E-state index contributed by atoms with van der Waals surface area (Å²) in [6, 6.07) is 0.417. The molecule has 0 aliphatic heterocycles. The van der Waals surface area contributed by atoms with Crippen LogP contribution in [0, 0.1) is 0 Å². The van der Waals surface area contributed by atoms with Gasteiger partial charge in [0.2, 0.25) is 5.16 Å². The fraction of sp³-hybridized carbons (Fsp3) is 0.545. The highest BCUT2D eigenvalue weighted by atomic mass is 32.2. The zero-order valence-corrected chi connectivity index (χ0v) is 11.3. The lowest BCUT2D eigenvalue weighted by Gasteiger charge is -2.10. The average molecular weight is 277 g/mol. The zero-order valence-electron chi connectivity index (χ0n) is 10.4. The molecule has 0 aromatic carbocycles. The van der Waals surface area contributed by atoms with E-state index in [1.165, 1.54) is 24.6 Å². The predicted molar refractivity (Wildman–Crippen MR) is 69.4 cm³/mol. The fourth-order valence-electron chi connectivity index (χ4n) is 2.21. The van der Waals surface area contributed by atoms with Crippen LogP contribution in [0.15, 0.2) is 22.7 Å². The molecule has 1 aliphatic rings. The molecule has 2 heterocycles. The third-order valence-corrected chi connectivity index (χ3v) is 4.08. The van der Waals surface area contributed by atoms with E-state index in [0.717, 1.165) is 23.6 Å². The van der Waals surface area contributed by atoms with Crippen LogP contribution in [-0.4, -0.2) is 30.2 Å². The Kier molecular flexibility index (Phi) is 3.69. The Morgan fingerprint density at radius 1 is 1.26 bits per heavy atom. The minimum atomic E-state index is 0.417. The van der Waals surface area contributed by atoms with E-state index in [2.05, 4.69) is 25.5 Å². The standard InChI is InChI=1S/C11H15N7S/c12-5-8-6-13-10(14-7-8)19-11-15-16-17-18(11)9-3-1-2-4-9/h6-7,9H,1-5,12H2. The van der Waals surface area contributed by atoms with Crippen molar-refractivity contribution in [3.8, 4) is 0 Å². The van der Waals surface area contributed by atoms with Crippen LogP contribution < -0.4 is 5.73 Å². The molecule has 0 spiro atoms.